The summed E-state index contributed by atoms with van der Waals surface area (Å²) in [5.74, 6) is -0.244. The lowest BCUT2D eigenvalue weighted by Gasteiger charge is -2.15. The van der Waals surface area contributed by atoms with Crippen molar-refractivity contribution in [3.05, 3.63) is 29.6 Å². The van der Waals surface area contributed by atoms with Gasteiger partial charge in [0.15, 0.2) is 0 Å². The van der Waals surface area contributed by atoms with Crippen LogP contribution in [0, 0.1) is 11.3 Å². The number of pyridine rings is 1. The summed E-state index contributed by atoms with van der Waals surface area (Å²) in [5.41, 5.74) is 6.35. The van der Waals surface area contributed by atoms with Crippen LogP contribution in [-0.2, 0) is 0 Å². The van der Waals surface area contributed by atoms with Crippen molar-refractivity contribution in [1.82, 2.24) is 10.3 Å². The average molecular weight is 246 g/mol. The molecule has 0 saturated carbocycles. The molecule has 1 aromatic heterocycles. The normalized spacial score (nSPS) is 11.6. The lowest BCUT2D eigenvalue weighted by molar-refractivity contribution is 0.0930. The summed E-state index contributed by atoms with van der Waals surface area (Å²) >= 11 is 0. The number of unbranched alkanes of at least 4 members (excludes halogenated alkanes) is 1. The third-order valence-electron chi connectivity index (χ3n) is 2.65. The van der Waals surface area contributed by atoms with Crippen molar-refractivity contribution >= 4 is 5.91 Å². The van der Waals surface area contributed by atoms with E-state index in [0.717, 1.165) is 19.3 Å². The van der Waals surface area contributed by atoms with Crippen molar-refractivity contribution in [2.75, 3.05) is 6.54 Å². The molecule has 3 N–H and O–H groups in total. The number of carbonyl (C=O) groups excluding carboxylic acids is 1. The molecule has 1 rings (SSSR count). The van der Waals surface area contributed by atoms with Gasteiger partial charge in [-0.25, -0.2) is 4.98 Å². The van der Waals surface area contributed by atoms with Gasteiger partial charge in [0.1, 0.15) is 11.8 Å². The van der Waals surface area contributed by atoms with Gasteiger partial charge in [-0.05, 0) is 18.6 Å². The highest BCUT2D eigenvalue weighted by molar-refractivity contribution is 5.92. The van der Waals surface area contributed by atoms with E-state index in [-0.39, 0.29) is 11.9 Å². The van der Waals surface area contributed by atoms with Gasteiger partial charge in [-0.1, -0.05) is 19.8 Å². The van der Waals surface area contributed by atoms with Crippen LogP contribution in [0.4, 0.5) is 0 Å². The van der Waals surface area contributed by atoms with E-state index in [1.54, 1.807) is 12.1 Å². The largest absolute Gasteiger partial charge is 0.347 e. The molecule has 0 bridgehead atoms. The molecule has 18 heavy (non-hydrogen) atoms. The van der Waals surface area contributed by atoms with E-state index in [9.17, 15) is 4.79 Å². The molecule has 5 nitrogen and oxygen atoms in total. The minimum absolute atomic E-state index is 0.0186. The molecule has 0 aliphatic rings. The zero-order chi connectivity index (χ0) is 13.4. The fraction of sp³-hybridized carbons (Fsp3) is 0.462. The zero-order valence-electron chi connectivity index (χ0n) is 10.5. The number of aromatic nitrogens is 1. The number of nitriles is 1. The maximum atomic E-state index is 11.9. The second kappa shape index (κ2) is 7.41. The Morgan fingerprint density at radius 3 is 2.89 bits per heavy atom. The third-order valence-corrected chi connectivity index (χ3v) is 2.65. The lowest BCUT2D eigenvalue weighted by Crippen LogP contribution is -2.40. The fourth-order valence-electron chi connectivity index (χ4n) is 1.55. The smallest absolute Gasteiger partial charge is 0.270 e. The van der Waals surface area contributed by atoms with E-state index in [2.05, 4.69) is 17.2 Å². The number of nitrogens with zero attached hydrogens (tertiary/aromatic N) is 2. The van der Waals surface area contributed by atoms with Gasteiger partial charge in [0.2, 0.25) is 0 Å². The maximum Gasteiger partial charge on any atom is 0.270 e. The van der Waals surface area contributed by atoms with Gasteiger partial charge in [-0.3, -0.25) is 4.79 Å². The Kier molecular flexibility index (Phi) is 5.81. The van der Waals surface area contributed by atoms with Crippen molar-refractivity contribution in [2.24, 2.45) is 5.73 Å². The molecular formula is C13H18N4O. The molecular weight excluding hydrogens is 228 g/mol. The molecule has 1 unspecified atom stereocenters. The van der Waals surface area contributed by atoms with Crippen LogP contribution in [0.1, 0.15) is 42.2 Å². The molecule has 1 aromatic rings. The lowest BCUT2D eigenvalue weighted by atomic mass is 10.1. The van der Waals surface area contributed by atoms with Gasteiger partial charge < -0.3 is 11.1 Å². The number of rotatable bonds is 6. The Morgan fingerprint density at radius 1 is 1.61 bits per heavy atom. The summed E-state index contributed by atoms with van der Waals surface area (Å²) in [6.45, 7) is 2.51. The highest BCUT2D eigenvalue weighted by Gasteiger charge is 2.12. The van der Waals surface area contributed by atoms with Gasteiger partial charge in [-0.2, -0.15) is 5.26 Å². The Bertz CT molecular complexity index is 422. The molecule has 1 heterocycles. The first-order chi connectivity index (χ1) is 8.71. The molecule has 5 heteroatoms. The van der Waals surface area contributed by atoms with E-state index in [1.807, 2.05) is 6.07 Å². The van der Waals surface area contributed by atoms with Gasteiger partial charge in [0.25, 0.3) is 5.91 Å². The predicted octanol–water partition coefficient (Wildman–Crippen LogP) is 1.20. The van der Waals surface area contributed by atoms with E-state index >= 15 is 0 Å². The van der Waals surface area contributed by atoms with Gasteiger partial charge >= 0.3 is 0 Å². The third kappa shape index (κ3) is 4.15. The van der Waals surface area contributed by atoms with E-state index in [1.165, 1.54) is 6.20 Å². The minimum Gasteiger partial charge on any atom is -0.347 e. The summed E-state index contributed by atoms with van der Waals surface area (Å²) in [5, 5.41) is 11.5. The van der Waals surface area contributed by atoms with Gasteiger partial charge in [0, 0.05) is 18.8 Å². The Labute approximate surface area is 107 Å². The first-order valence-electron chi connectivity index (χ1n) is 6.08. The number of nitrogens with two attached hydrogens (primary N) is 1. The highest BCUT2D eigenvalue weighted by Crippen LogP contribution is 2.02. The molecule has 0 aromatic carbocycles. The Hall–Kier alpha value is -1.93. The van der Waals surface area contributed by atoms with Crippen LogP contribution in [0.15, 0.2) is 18.3 Å². The fourth-order valence-corrected chi connectivity index (χ4v) is 1.55. The Balaban J connectivity index is 2.60. The molecule has 0 radical (unpaired) electrons. The van der Waals surface area contributed by atoms with Crippen molar-refractivity contribution in [2.45, 2.75) is 32.2 Å². The monoisotopic (exact) mass is 246 g/mol. The first-order valence-corrected chi connectivity index (χ1v) is 6.08. The van der Waals surface area contributed by atoms with E-state index in [0.29, 0.717) is 17.8 Å². The maximum absolute atomic E-state index is 11.9. The summed E-state index contributed by atoms with van der Waals surface area (Å²) in [7, 11) is 0. The molecule has 0 aliphatic heterocycles. The van der Waals surface area contributed by atoms with Crippen LogP contribution in [0.25, 0.3) is 0 Å². The summed E-state index contributed by atoms with van der Waals surface area (Å²) in [6.07, 6.45) is 4.36. The zero-order valence-corrected chi connectivity index (χ0v) is 10.5. The van der Waals surface area contributed by atoms with Crippen LogP contribution in [-0.4, -0.2) is 23.5 Å². The molecule has 1 amide bonds. The standard InChI is InChI=1S/C13H18N4O/c1-2-3-4-11(8-15)17-13(18)12-6-5-10(7-14)9-16-12/h5-6,9,11H,2-4,8,15H2,1H3,(H,17,18). The number of carbonyl (C=O) groups is 1. The number of hydrogen-bond acceptors (Lipinski definition) is 4. The second-order valence-corrected chi connectivity index (χ2v) is 4.09. The average Bonchev–Trinajstić information content (AvgIpc) is 2.43. The molecule has 96 valence electrons. The summed E-state index contributed by atoms with van der Waals surface area (Å²) in [6, 6.07) is 5.06. The highest BCUT2D eigenvalue weighted by atomic mass is 16.1. The number of nitrogens with one attached hydrogen (secondary N) is 1. The van der Waals surface area contributed by atoms with Crippen LogP contribution in [0.5, 0.6) is 0 Å². The quantitative estimate of drug-likeness (QED) is 0.789. The van der Waals surface area contributed by atoms with Crippen molar-refractivity contribution in [1.29, 1.82) is 5.26 Å². The molecule has 0 spiro atoms. The van der Waals surface area contributed by atoms with Crippen LogP contribution < -0.4 is 11.1 Å². The molecule has 0 fully saturated rings. The molecule has 0 saturated heterocycles. The van der Waals surface area contributed by atoms with Crippen molar-refractivity contribution in [3.63, 3.8) is 0 Å². The molecule has 1 atom stereocenters. The van der Waals surface area contributed by atoms with Crippen LogP contribution in [0.2, 0.25) is 0 Å². The van der Waals surface area contributed by atoms with E-state index < -0.39 is 0 Å². The minimum atomic E-state index is -0.244. The predicted molar refractivity (Wildman–Crippen MR) is 68.8 cm³/mol. The van der Waals surface area contributed by atoms with E-state index in [4.69, 9.17) is 11.0 Å². The van der Waals surface area contributed by atoms with Gasteiger partial charge in [-0.15, -0.1) is 0 Å². The van der Waals surface area contributed by atoms with Crippen molar-refractivity contribution < 1.29 is 4.79 Å². The topological polar surface area (TPSA) is 91.8 Å². The summed E-state index contributed by atoms with van der Waals surface area (Å²) in [4.78, 5) is 15.8. The molecule has 0 aliphatic carbocycles. The second-order valence-electron chi connectivity index (χ2n) is 4.09. The van der Waals surface area contributed by atoms with Crippen LogP contribution >= 0.6 is 0 Å². The summed E-state index contributed by atoms with van der Waals surface area (Å²) < 4.78 is 0. The Morgan fingerprint density at radius 2 is 2.39 bits per heavy atom. The van der Waals surface area contributed by atoms with Crippen LogP contribution in [0.3, 0.4) is 0 Å². The SMILES string of the molecule is CCCCC(CN)NC(=O)c1ccc(C#N)cn1. The first kappa shape index (κ1) is 14.1. The number of hydrogen-bond donors (Lipinski definition) is 2. The van der Waals surface area contributed by atoms with Gasteiger partial charge in [0.05, 0.1) is 5.56 Å². The van der Waals surface area contributed by atoms with Crippen molar-refractivity contribution in [3.8, 4) is 6.07 Å². The number of amides is 1.